The predicted molar refractivity (Wildman–Crippen MR) is 82.9 cm³/mol. The fraction of sp³-hybridized carbons (Fsp3) is 0.133. The van der Waals surface area contributed by atoms with E-state index in [4.69, 9.17) is 11.6 Å². The van der Waals surface area contributed by atoms with Crippen molar-refractivity contribution in [2.75, 3.05) is 5.32 Å². The summed E-state index contributed by atoms with van der Waals surface area (Å²) in [6.45, 7) is 2.03. The van der Waals surface area contributed by atoms with Crippen molar-refractivity contribution in [3.8, 4) is 0 Å². The molecule has 0 aliphatic carbocycles. The van der Waals surface area contributed by atoms with Crippen molar-refractivity contribution < 1.29 is 4.79 Å². The Kier molecular flexibility index (Phi) is 4.61. The zero-order chi connectivity index (χ0) is 13.8. The summed E-state index contributed by atoms with van der Waals surface area (Å²) in [7, 11) is 0. The number of carbonyl (C=O) groups is 1. The number of nitrogens with one attached hydrogen (secondary N) is 1. The molecule has 0 unspecified atom stereocenters. The van der Waals surface area contributed by atoms with Gasteiger partial charge in [-0.1, -0.05) is 52.7 Å². The summed E-state index contributed by atoms with van der Waals surface area (Å²) in [5.41, 5.74) is 2.30. The first kappa shape index (κ1) is 14.1. The van der Waals surface area contributed by atoms with Crippen LogP contribution in [-0.2, 0) is 6.42 Å². The van der Waals surface area contributed by atoms with E-state index in [9.17, 15) is 4.79 Å². The maximum Gasteiger partial charge on any atom is 0.255 e. The Labute approximate surface area is 125 Å². The topological polar surface area (TPSA) is 29.1 Å². The molecule has 19 heavy (non-hydrogen) atoms. The largest absolute Gasteiger partial charge is 0.321 e. The van der Waals surface area contributed by atoms with Crippen molar-refractivity contribution in [2.45, 2.75) is 13.3 Å². The molecule has 0 atom stereocenters. The standard InChI is InChI=1S/C15H13BrClNO/c1-2-10-5-3-4-6-12(10)15(19)18-14-9-11(16)7-8-13(14)17/h3-9H,2H2,1H3,(H,18,19). The summed E-state index contributed by atoms with van der Waals surface area (Å²) in [6, 6.07) is 12.9. The molecule has 2 rings (SSSR count). The lowest BCUT2D eigenvalue weighted by Crippen LogP contribution is -2.14. The molecule has 0 heterocycles. The summed E-state index contributed by atoms with van der Waals surface area (Å²) in [5.74, 6) is -0.141. The van der Waals surface area contributed by atoms with Crippen molar-refractivity contribution in [1.29, 1.82) is 0 Å². The van der Waals surface area contributed by atoms with Gasteiger partial charge in [0.2, 0.25) is 0 Å². The Bertz CT molecular complexity index is 613. The number of hydrogen-bond acceptors (Lipinski definition) is 1. The molecule has 0 fully saturated rings. The molecule has 0 aromatic heterocycles. The molecule has 2 aromatic rings. The van der Waals surface area contributed by atoms with Crippen molar-refractivity contribution in [2.24, 2.45) is 0 Å². The highest BCUT2D eigenvalue weighted by Crippen LogP contribution is 2.26. The van der Waals surface area contributed by atoms with Crippen LogP contribution in [0.5, 0.6) is 0 Å². The number of anilines is 1. The van der Waals surface area contributed by atoms with Gasteiger partial charge in [0.25, 0.3) is 5.91 Å². The molecule has 0 aliphatic heterocycles. The van der Waals surface area contributed by atoms with Crippen molar-refractivity contribution in [3.63, 3.8) is 0 Å². The zero-order valence-electron chi connectivity index (χ0n) is 10.4. The van der Waals surface area contributed by atoms with Gasteiger partial charge in [0.05, 0.1) is 10.7 Å². The van der Waals surface area contributed by atoms with Gasteiger partial charge in [0, 0.05) is 10.0 Å². The van der Waals surface area contributed by atoms with Gasteiger partial charge >= 0.3 is 0 Å². The number of hydrogen-bond donors (Lipinski definition) is 1. The maximum absolute atomic E-state index is 12.3. The second-order valence-corrected chi connectivity index (χ2v) is 5.41. The SMILES string of the molecule is CCc1ccccc1C(=O)Nc1cc(Br)ccc1Cl. The average Bonchev–Trinajstić information content (AvgIpc) is 2.42. The highest BCUT2D eigenvalue weighted by Gasteiger charge is 2.11. The first-order valence-corrected chi connectivity index (χ1v) is 7.13. The van der Waals surface area contributed by atoms with E-state index in [0.29, 0.717) is 16.3 Å². The molecule has 2 aromatic carbocycles. The van der Waals surface area contributed by atoms with Gasteiger partial charge in [-0.25, -0.2) is 0 Å². The van der Waals surface area contributed by atoms with Gasteiger partial charge in [0.15, 0.2) is 0 Å². The van der Waals surface area contributed by atoms with E-state index >= 15 is 0 Å². The highest BCUT2D eigenvalue weighted by atomic mass is 79.9. The fourth-order valence-electron chi connectivity index (χ4n) is 1.83. The Hall–Kier alpha value is -1.32. The molecular formula is C15H13BrClNO. The van der Waals surface area contributed by atoms with Crippen LogP contribution in [0.3, 0.4) is 0 Å². The second kappa shape index (κ2) is 6.22. The minimum Gasteiger partial charge on any atom is -0.321 e. The van der Waals surface area contributed by atoms with Gasteiger partial charge in [-0.05, 0) is 36.2 Å². The molecule has 2 nitrogen and oxygen atoms in total. The molecular weight excluding hydrogens is 326 g/mol. The van der Waals surface area contributed by atoms with E-state index in [1.807, 2.05) is 37.3 Å². The maximum atomic E-state index is 12.3. The smallest absolute Gasteiger partial charge is 0.255 e. The van der Waals surface area contributed by atoms with Crippen molar-refractivity contribution in [3.05, 3.63) is 63.1 Å². The molecule has 0 aliphatic rings. The molecule has 0 saturated carbocycles. The van der Waals surface area contributed by atoms with Gasteiger partial charge in [0.1, 0.15) is 0 Å². The Morgan fingerprint density at radius 1 is 1.26 bits per heavy atom. The third-order valence-corrected chi connectivity index (χ3v) is 3.64. The minimum absolute atomic E-state index is 0.141. The van der Waals surface area contributed by atoms with E-state index in [1.54, 1.807) is 12.1 Å². The number of aryl methyl sites for hydroxylation is 1. The molecule has 1 N–H and O–H groups in total. The normalized spacial score (nSPS) is 10.3. The average molecular weight is 339 g/mol. The van der Waals surface area contributed by atoms with Crippen LogP contribution < -0.4 is 5.32 Å². The minimum atomic E-state index is -0.141. The van der Waals surface area contributed by atoms with Crippen molar-refractivity contribution in [1.82, 2.24) is 0 Å². The van der Waals surface area contributed by atoms with Crippen LogP contribution in [0.15, 0.2) is 46.9 Å². The molecule has 98 valence electrons. The third kappa shape index (κ3) is 3.37. The first-order chi connectivity index (χ1) is 9.11. The number of carbonyl (C=O) groups excluding carboxylic acids is 1. The molecule has 0 radical (unpaired) electrons. The predicted octanol–water partition coefficient (Wildman–Crippen LogP) is 4.92. The van der Waals surface area contributed by atoms with Crippen LogP contribution in [-0.4, -0.2) is 5.91 Å². The zero-order valence-corrected chi connectivity index (χ0v) is 12.8. The second-order valence-electron chi connectivity index (χ2n) is 4.09. The van der Waals surface area contributed by atoms with Crippen LogP contribution in [0.1, 0.15) is 22.8 Å². The lowest BCUT2D eigenvalue weighted by molar-refractivity contribution is 0.102. The summed E-state index contributed by atoms with van der Waals surface area (Å²) in [6.07, 6.45) is 0.815. The summed E-state index contributed by atoms with van der Waals surface area (Å²) in [5, 5.41) is 3.36. The van der Waals surface area contributed by atoms with Gasteiger partial charge in [-0.3, -0.25) is 4.79 Å². The number of rotatable bonds is 3. The van der Waals surface area contributed by atoms with Crippen LogP contribution in [0.2, 0.25) is 5.02 Å². The first-order valence-electron chi connectivity index (χ1n) is 5.96. The third-order valence-electron chi connectivity index (χ3n) is 2.82. The van der Waals surface area contributed by atoms with Gasteiger partial charge in [-0.2, -0.15) is 0 Å². The Balaban J connectivity index is 2.28. The molecule has 0 saturated heterocycles. The Morgan fingerprint density at radius 3 is 2.74 bits per heavy atom. The summed E-state index contributed by atoms with van der Waals surface area (Å²) < 4.78 is 0.871. The highest BCUT2D eigenvalue weighted by molar-refractivity contribution is 9.10. The molecule has 0 bridgehead atoms. The van der Waals surface area contributed by atoms with Gasteiger partial charge < -0.3 is 5.32 Å². The lowest BCUT2D eigenvalue weighted by atomic mass is 10.0. The molecule has 0 spiro atoms. The quantitative estimate of drug-likeness (QED) is 0.846. The Morgan fingerprint density at radius 2 is 2.00 bits per heavy atom. The lowest BCUT2D eigenvalue weighted by Gasteiger charge is -2.10. The number of halogens is 2. The van der Waals surface area contributed by atoms with E-state index in [-0.39, 0.29) is 5.91 Å². The van der Waals surface area contributed by atoms with Crippen LogP contribution >= 0.6 is 27.5 Å². The number of benzene rings is 2. The van der Waals surface area contributed by atoms with E-state index in [1.165, 1.54) is 0 Å². The summed E-state index contributed by atoms with van der Waals surface area (Å²) >= 11 is 9.43. The fourth-order valence-corrected chi connectivity index (χ4v) is 2.36. The van der Waals surface area contributed by atoms with Crippen LogP contribution in [0, 0.1) is 0 Å². The van der Waals surface area contributed by atoms with Gasteiger partial charge in [-0.15, -0.1) is 0 Å². The van der Waals surface area contributed by atoms with E-state index in [2.05, 4.69) is 21.2 Å². The summed E-state index contributed by atoms with van der Waals surface area (Å²) in [4.78, 5) is 12.3. The monoisotopic (exact) mass is 337 g/mol. The van der Waals surface area contributed by atoms with Crippen LogP contribution in [0.4, 0.5) is 5.69 Å². The van der Waals surface area contributed by atoms with Crippen LogP contribution in [0.25, 0.3) is 0 Å². The van der Waals surface area contributed by atoms with Crippen molar-refractivity contribution >= 4 is 39.1 Å². The number of amides is 1. The molecule has 4 heteroatoms. The van der Waals surface area contributed by atoms with E-state index in [0.717, 1.165) is 16.5 Å². The molecule has 1 amide bonds. The van der Waals surface area contributed by atoms with E-state index < -0.39 is 0 Å².